The molecule has 0 aliphatic heterocycles. The van der Waals surface area contributed by atoms with Gasteiger partial charge in [0.1, 0.15) is 17.9 Å². The van der Waals surface area contributed by atoms with Crippen LogP contribution in [0.4, 0.5) is 0 Å². The number of nitrogens with zero attached hydrogens (tertiary/aromatic N) is 1. The predicted octanol–water partition coefficient (Wildman–Crippen LogP) is 5.24. The highest BCUT2D eigenvalue weighted by Crippen LogP contribution is 2.46. The SMILES string of the molecule is CC(C)(C)[SiH]([N][SiH](C(C)(C)C)C(C)(C)C)C(C)(C)C. The lowest BCUT2D eigenvalue weighted by atomic mass is 10.2. The first kappa shape index (κ1) is 19.4. The minimum Gasteiger partial charge on any atom is -0.298 e. The summed E-state index contributed by atoms with van der Waals surface area (Å²) >= 11 is 0. The van der Waals surface area contributed by atoms with E-state index in [2.05, 4.69) is 83.1 Å². The molecule has 19 heavy (non-hydrogen) atoms. The van der Waals surface area contributed by atoms with Crippen LogP contribution in [0.1, 0.15) is 83.1 Å². The molecule has 115 valence electrons. The maximum Gasteiger partial charge on any atom is 0.129 e. The maximum atomic E-state index is 5.64. The molecule has 0 saturated carbocycles. The van der Waals surface area contributed by atoms with Gasteiger partial charge in [-0.1, -0.05) is 83.1 Å². The van der Waals surface area contributed by atoms with Crippen LogP contribution in [0.5, 0.6) is 0 Å². The fourth-order valence-corrected chi connectivity index (χ4v) is 17.2. The molecule has 0 aromatic heterocycles. The Morgan fingerprint density at radius 2 is 0.579 bits per heavy atom. The summed E-state index contributed by atoms with van der Waals surface area (Å²) in [7, 11) is -2.36. The van der Waals surface area contributed by atoms with Crippen molar-refractivity contribution in [3.05, 3.63) is 0 Å². The highest BCUT2D eigenvalue weighted by atomic mass is 28.4. The van der Waals surface area contributed by atoms with Crippen LogP contribution in [0.3, 0.4) is 0 Å². The standard InChI is InChI=1S/C16H38NSi2/c1-13(2,3)18(14(4,5)6)17-19(15(7,8)9)16(10,11)12/h18-19H,1-12H3. The van der Waals surface area contributed by atoms with Gasteiger partial charge >= 0.3 is 0 Å². The molecule has 0 atom stereocenters. The molecule has 0 aliphatic rings. The summed E-state index contributed by atoms with van der Waals surface area (Å²) < 4.78 is 5.64. The molecule has 0 bridgehead atoms. The molecule has 0 spiro atoms. The average molecular weight is 301 g/mol. The van der Waals surface area contributed by atoms with Crippen LogP contribution in [0, 0.1) is 0 Å². The van der Waals surface area contributed by atoms with Gasteiger partial charge in [0.2, 0.25) is 0 Å². The molecule has 0 heterocycles. The summed E-state index contributed by atoms with van der Waals surface area (Å²) in [5.74, 6) is 0. The summed E-state index contributed by atoms with van der Waals surface area (Å²) in [5.41, 5.74) is 0. The van der Waals surface area contributed by atoms with E-state index in [-0.39, 0.29) is 0 Å². The van der Waals surface area contributed by atoms with Crippen LogP contribution in [-0.4, -0.2) is 17.9 Å². The first-order chi connectivity index (χ1) is 7.97. The molecule has 0 unspecified atom stereocenters. The molecular weight excluding hydrogens is 262 g/mol. The number of hydrogen-bond acceptors (Lipinski definition) is 0. The Hall–Kier alpha value is 0.394. The third kappa shape index (κ3) is 6.13. The van der Waals surface area contributed by atoms with Gasteiger partial charge in [0.15, 0.2) is 0 Å². The van der Waals surface area contributed by atoms with Crippen LogP contribution in [0.2, 0.25) is 20.2 Å². The van der Waals surface area contributed by atoms with Crippen molar-refractivity contribution in [1.82, 2.24) is 4.65 Å². The minimum atomic E-state index is -1.18. The average Bonchev–Trinajstić information content (AvgIpc) is 1.91. The number of rotatable bonds is 2. The molecule has 0 saturated heterocycles. The van der Waals surface area contributed by atoms with E-state index in [1.807, 2.05) is 0 Å². The molecule has 1 radical (unpaired) electrons. The van der Waals surface area contributed by atoms with Crippen molar-refractivity contribution < 1.29 is 0 Å². The Balaban J connectivity index is 5.43. The van der Waals surface area contributed by atoms with Crippen molar-refractivity contribution in [2.75, 3.05) is 0 Å². The van der Waals surface area contributed by atoms with Gasteiger partial charge in [-0.25, -0.2) is 0 Å². The fourth-order valence-electron chi connectivity index (χ4n) is 3.64. The third-order valence-corrected chi connectivity index (χ3v) is 12.5. The first-order valence-electron chi connectivity index (χ1n) is 7.67. The van der Waals surface area contributed by atoms with Gasteiger partial charge < -0.3 is 0 Å². The van der Waals surface area contributed by atoms with E-state index in [4.69, 9.17) is 4.65 Å². The van der Waals surface area contributed by atoms with Gasteiger partial charge in [0, 0.05) is 0 Å². The summed E-state index contributed by atoms with van der Waals surface area (Å²) in [6.07, 6.45) is 0. The zero-order chi connectivity index (χ0) is 15.9. The normalized spacial score (nSPS) is 15.5. The zero-order valence-corrected chi connectivity index (χ0v) is 17.9. The first-order valence-corrected chi connectivity index (χ1v) is 11.0. The van der Waals surface area contributed by atoms with Gasteiger partial charge in [-0.15, -0.1) is 0 Å². The lowest BCUT2D eigenvalue weighted by Crippen LogP contribution is -2.55. The van der Waals surface area contributed by atoms with Gasteiger partial charge in [-0.2, -0.15) is 0 Å². The largest absolute Gasteiger partial charge is 0.298 e. The highest BCUT2D eigenvalue weighted by molar-refractivity contribution is 6.78. The minimum absolute atomic E-state index is 0.375. The molecule has 0 amide bonds. The van der Waals surface area contributed by atoms with Crippen LogP contribution >= 0.6 is 0 Å². The Kier molecular flexibility index (Phi) is 5.76. The fraction of sp³-hybridized carbons (Fsp3) is 1.00. The van der Waals surface area contributed by atoms with Crippen molar-refractivity contribution in [3.8, 4) is 0 Å². The second-order valence-electron chi connectivity index (χ2n) is 10.4. The van der Waals surface area contributed by atoms with Crippen molar-refractivity contribution in [2.45, 2.75) is 103 Å². The summed E-state index contributed by atoms with van der Waals surface area (Å²) in [6.45, 7) is 28.8. The quantitative estimate of drug-likeness (QED) is 0.619. The van der Waals surface area contributed by atoms with Gasteiger partial charge in [-0.3, -0.25) is 4.65 Å². The van der Waals surface area contributed by atoms with Crippen molar-refractivity contribution >= 4 is 17.9 Å². The lowest BCUT2D eigenvalue weighted by molar-refractivity contribution is 0.601. The molecule has 0 N–H and O–H groups in total. The second kappa shape index (κ2) is 5.65. The van der Waals surface area contributed by atoms with Crippen molar-refractivity contribution in [3.63, 3.8) is 0 Å². The topological polar surface area (TPSA) is 14.1 Å². The van der Waals surface area contributed by atoms with E-state index in [0.717, 1.165) is 0 Å². The lowest BCUT2D eigenvalue weighted by Gasteiger charge is -2.47. The van der Waals surface area contributed by atoms with Crippen molar-refractivity contribution in [2.24, 2.45) is 0 Å². The Bertz CT molecular complexity index is 226. The summed E-state index contributed by atoms with van der Waals surface area (Å²) in [6, 6.07) is 0. The van der Waals surface area contributed by atoms with Crippen LogP contribution in [-0.2, 0) is 0 Å². The van der Waals surface area contributed by atoms with E-state index in [1.54, 1.807) is 0 Å². The smallest absolute Gasteiger partial charge is 0.129 e. The molecule has 0 aromatic carbocycles. The zero-order valence-electron chi connectivity index (χ0n) is 15.6. The Morgan fingerprint density at radius 1 is 0.421 bits per heavy atom. The third-order valence-electron chi connectivity index (χ3n) is 3.58. The van der Waals surface area contributed by atoms with Crippen LogP contribution < -0.4 is 4.65 Å². The Morgan fingerprint density at radius 3 is 0.684 bits per heavy atom. The Labute approximate surface area is 126 Å². The molecule has 0 fully saturated rings. The summed E-state index contributed by atoms with van der Waals surface area (Å²) in [5, 5.41) is 1.50. The molecule has 3 heteroatoms. The van der Waals surface area contributed by atoms with Crippen LogP contribution in [0.15, 0.2) is 0 Å². The highest BCUT2D eigenvalue weighted by Gasteiger charge is 2.45. The van der Waals surface area contributed by atoms with E-state index in [0.29, 0.717) is 20.2 Å². The maximum absolute atomic E-state index is 5.64. The molecule has 0 aliphatic carbocycles. The van der Waals surface area contributed by atoms with Crippen LogP contribution in [0.25, 0.3) is 0 Å². The van der Waals surface area contributed by atoms with E-state index in [1.165, 1.54) is 0 Å². The molecular formula is C16H38NSi2. The van der Waals surface area contributed by atoms with Gasteiger partial charge in [0.25, 0.3) is 0 Å². The van der Waals surface area contributed by atoms with E-state index < -0.39 is 17.9 Å². The second-order valence-corrected chi connectivity index (χ2v) is 20.1. The molecule has 0 aromatic rings. The molecule has 0 rings (SSSR count). The van der Waals surface area contributed by atoms with Crippen molar-refractivity contribution in [1.29, 1.82) is 0 Å². The van der Waals surface area contributed by atoms with E-state index in [9.17, 15) is 0 Å². The predicted molar refractivity (Wildman–Crippen MR) is 95.3 cm³/mol. The van der Waals surface area contributed by atoms with Gasteiger partial charge in [0.05, 0.1) is 0 Å². The summed E-state index contributed by atoms with van der Waals surface area (Å²) in [4.78, 5) is 0. The van der Waals surface area contributed by atoms with E-state index >= 15 is 0 Å². The monoisotopic (exact) mass is 300 g/mol. The van der Waals surface area contributed by atoms with Gasteiger partial charge in [-0.05, 0) is 20.2 Å². The number of hydrogen-bond donors (Lipinski definition) is 0. The molecule has 1 nitrogen and oxygen atoms in total.